The minimum atomic E-state index is -1.72. The summed E-state index contributed by atoms with van der Waals surface area (Å²) in [4.78, 5) is 12.7. The summed E-state index contributed by atoms with van der Waals surface area (Å²) in [5, 5.41) is 61.9. The van der Waals surface area contributed by atoms with Crippen molar-refractivity contribution in [2.45, 2.75) is 62.0 Å². The molecule has 1 aromatic rings. The molecule has 3 aliphatic rings. The van der Waals surface area contributed by atoms with E-state index in [2.05, 4.69) is 0 Å². The van der Waals surface area contributed by atoms with Crippen molar-refractivity contribution in [2.75, 3.05) is 27.9 Å². The average molecular weight is 559 g/mol. The molecule has 2 fully saturated rings. The van der Waals surface area contributed by atoms with Crippen LogP contribution in [0.1, 0.15) is 13.3 Å². The van der Waals surface area contributed by atoms with Crippen molar-refractivity contribution < 1.29 is 68.6 Å². The van der Waals surface area contributed by atoms with E-state index in [1.165, 1.54) is 40.4 Å². The summed E-state index contributed by atoms with van der Waals surface area (Å²) in [6, 6.07) is 2.84. The van der Waals surface area contributed by atoms with Gasteiger partial charge in [-0.05, 0) is 6.92 Å². The lowest BCUT2D eigenvalue weighted by molar-refractivity contribution is -0.346. The monoisotopic (exact) mass is 558 g/mol. The van der Waals surface area contributed by atoms with Crippen molar-refractivity contribution >= 4 is 5.97 Å². The van der Waals surface area contributed by atoms with Gasteiger partial charge in [0.2, 0.25) is 12.0 Å². The molecule has 2 aliphatic heterocycles. The van der Waals surface area contributed by atoms with Gasteiger partial charge < -0.3 is 63.8 Å². The number of carbonyl (C=O) groups excluding carboxylic acids is 1. The van der Waals surface area contributed by atoms with E-state index in [4.69, 9.17) is 33.2 Å². The number of fused-ring (bicyclic) bond motifs is 1. The highest BCUT2D eigenvalue weighted by Gasteiger charge is 2.61. The van der Waals surface area contributed by atoms with Crippen LogP contribution in [0.5, 0.6) is 23.0 Å². The number of ether oxygens (including phenoxy) is 7. The standard InChI is InChI=1S/C25H34O14/c1-25(32)7-14(37-10-5-12(33-2)18(27)13(6-10)34-3)16-11(22(31)35-4)9-36-23(17(16)25)39-24-21(30)20(29)19(28)15(8-26)38-24/h5-6,9,14-17,19-21,23-24,26-30,32H,7-8H2,1-4H3/t14-,15-,16+,17-,19-,20+,21-,23+,24+,25+/m1/s1. The quantitative estimate of drug-likeness (QED) is 0.207. The van der Waals surface area contributed by atoms with Crippen molar-refractivity contribution in [2.24, 2.45) is 11.8 Å². The van der Waals surface area contributed by atoms with E-state index in [0.717, 1.165) is 6.26 Å². The Morgan fingerprint density at radius 3 is 2.26 bits per heavy atom. The van der Waals surface area contributed by atoms with Gasteiger partial charge in [0.25, 0.3) is 0 Å². The van der Waals surface area contributed by atoms with Crippen LogP contribution >= 0.6 is 0 Å². The van der Waals surface area contributed by atoms with Crippen molar-refractivity contribution in [3.8, 4) is 23.0 Å². The van der Waals surface area contributed by atoms with E-state index in [1.54, 1.807) is 0 Å². The second kappa shape index (κ2) is 11.3. The Balaban J connectivity index is 1.67. The highest BCUT2D eigenvalue weighted by molar-refractivity contribution is 5.89. The van der Waals surface area contributed by atoms with Gasteiger partial charge in [-0.25, -0.2) is 4.79 Å². The van der Waals surface area contributed by atoms with Gasteiger partial charge in [0, 0.05) is 24.5 Å². The summed E-state index contributed by atoms with van der Waals surface area (Å²) in [6.07, 6.45) is -8.86. The topological polar surface area (TPSA) is 203 Å². The molecule has 0 aromatic heterocycles. The second-order valence-electron chi connectivity index (χ2n) is 9.85. The Morgan fingerprint density at radius 1 is 1.05 bits per heavy atom. The number of aliphatic hydroxyl groups excluding tert-OH is 4. The Bertz CT molecular complexity index is 1050. The number of carbonyl (C=O) groups is 1. The molecule has 1 aliphatic carbocycles. The van der Waals surface area contributed by atoms with Gasteiger partial charge in [-0.3, -0.25) is 0 Å². The first kappa shape index (κ1) is 29.1. The molecule has 0 unspecified atom stereocenters. The Kier molecular flexibility index (Phi) is 8.47. The zero-order valence-corrected chi connectivity index (χ0v) is 21.8. The van der Waals surface area contributed by atoms with E-state index in [0.29, 0.717) is 0 Å². The number of methoxy groups -OCH3 is 3. The summed E-state index contributed by atoms with van der Waals surface area (Å²) in [7, 11) is 3.89. The average Bonchev–Trinajstić information content (AvgIpc) is 3.19. The predicted octanol–water partition coefficient (Wildman–Crippen LogP) is -1.23. The van der Waals surface area contributed by atoms with Crippen LogP contribution < -0.4 is 14.2 Å². The highest BCUT2D eigenvalue weighted by atomic mass is 16.8. The number of aromatic hydroxyl groups is 1. The molecule has 6 N–H and O–H groups in total. The molecular weight excluding hydrogens is 524 g/mol. The molecule has 0 amide bonds. The van der Waals surface area contributed by atoms with Crippen LogP contribution in [0.3, 0.4) is 0 Å². The molecule has 10 atom stereocenters. The third-order valence-electron chi connectivity index (χ3n) is 7.38. The van der Waals surface area contributed by atoms with Gasteiger partial charge in [-0.1, -0.05) is 0 Å². The maximum atomic E-state index is 12.7. The molecule has 4 rings (SSSR count). The van der Waals surface area contributed by atoms with Crippen molar-refractivity contribution in [1.29, 1.82) is 0 Å². The number of rotatable bonds is 8. The molecule has 14 heteroatoms. The number of esters is 1. The molecule has 2 heterocycles. The first-order valence-corrected chi connectivity index (χ1v) is 12.2. The summed E-state index contributed by atoms with van der Waals surface area (Å²) in [5.74, 6) is -2.45. The van der Waals surface area contributed by atoms with Gasteiger partial charge in [-0.2, -0.15) is 0 Å². The first-order valence-electron chi connectivity index (χ1n) is 12.2. The fourth-order valence-corrected chi connectivity index (χ4v) is 5.41. The summed E-state index contributed by atoms with van der Waals surface area (Å²) >= 11 is 0. The number of hydrogen-bond acceptors (Lipinski definition) is 14. The zero-order chi connectivity index (χ0) is 28.6. The van der Waals surface area contributed by atoms with E-state index in [1.807, 2.05) is 0 Å². The van der Waals surface area contributed by atoms with E-state index in [9.17, 15) is 35.4 Å². The highest BCUT2D eigenvalue weighted by Crippen LogP contribution is 2.51. The molecule has 0 spiro atoms. The minimum Gasteiger partial charge on any atom is -0.502 e. The number of phenolic OH excluding ortho intramolecular Hbond substituents is 1. The molecule has 1 aromatic carbocycles. The molecule has 0 bridgehead atoms. The van der Waals surface area contributed by atoms with Gasteiger partial charge >= 0.3 is 5.97 Å². The summed E-state index contributed by atoms with van der Waals surface area (Å²) in [5.41, 5.74) is -1.51. The molecule has 0 radical (unpaired) electrons. The molecule has 218 valence electrons. The molecule has 14 nitrogen and oxygen atoms in total. The maximum Gasteiger partial charge on any atom is 0.337 e. The number of phenols is 1. The Labute approximate surface area is 223 Å². The fourth-order valence-electron chi connectivity index (χ4n) is 5.41. The lowest BCUT2D eigenvalue weighted by Gasteiger charge is -2.44. The largest absolute Gasteiger partial charge is 0.502 e. The van der Waals surface area contributed by atoms with Gasteiger partial charge in [0.15, 0.2) is 17.8 Å². The summed E-state index contributed by atoms with van der Waals surface area (Å²) in [6.45, 7) is 0.835. The number of hydrogen-bond donors (Lipinski definition) is 6. The van der Waals surface area contributed by atoms with Crippen LogP contribution in [-0.2, 0) is 23.7 Å². The molecule has 1 saturated heterocycles. The van der Waals surface area contributed by atoms with E-state index < -0.39 is 73.1 Å². The minimum absolute atomic E-state index is 0.0138. The van der Waals surface area contributed by atoms with Gasteiger partial charge in [-0.15, -0.1) is 0 Å². The predicted molar refractivity (Wildman–Crippen MR) is 128 cm³/mol. The molecular formula is C25H34O14. The van der Waals surface area contributed by atoms with Crippen molar-refractivity contribution in [1.82, 2.24) is 0 Å². The third-order valence-corrected chi connectivity index (χ3v) is 7.38. The smallest absolute Gasteiger partial charge is 0.337 e. The van der Waals surface area contributed by atoms with Crippen LogP contribution in [0.4, 0.5) is 0 Å². The maximum absolute atomic E-state index is 12.7. The first-order chi connectivity index (χ1) is 18.5. The number of aliphatic hydroxyl groups is 5. The zero-order valence-electron chi connectivity index (χ0n) is 21.8. The van der Waals surface area contributed by atoms with Crippen LogP contribution in [0.15, 0.2) is 24.0 Å². The van der Waals surface area contributed by atoms with Gasteiger partial charge in [0.1, 0.15) is 36.3 Å². The van der Waals surface area contributed by atoms with Crippen LogP contribution in [-0.4, -0.2) is 113 Å². The van der Waals surface area contributed by atoms with Crippen molar-refractivity contribution in [3.63, 3.8) is 0 Å². The van der Waals surface area contributed by atoms with Crippen LogP contribution in [0, 0.1) is 11.8 Å². The lowest BCUT2D eigenvalue weighted by Crippen LogP contribution is -2.60. The van der Waals surface area contributed by atoms with E-state index in [-0.39, 0.29) is 35.0 Å². The number of benzene rings is 1. The summed E-state index contributed by atoms with van der Waals surface area (Å²) < 4.78 is 38.4. The van der Waals surface area contributed by atoms with Crippen molar-refractivity contribution in [3.05, 3.63) is 24.0 Å². The van der Waals surface area contributed by atoms with E-state index >= 15 is 0 Å². The van der Waals surface area contributed by atoms with Crippen LogP contribution in [0.25, 0.3) is 0 Å². The molecule has 39 heavy (non-hydrogen) atoms. The Morgan fingerprint density at radius 2 is 1.69 bits per heavy atom. The van der Waals surface area contributed by atoms with Gasteiger partial charge in [0.05, 0.1) is 51.3 Å². The lowest BCUT2D eigenvalue weighted by atomic mass is 9.80. The van der Waals surface area contributed by atoms with Crippen LogP contribution in [0.2, 0.25) is 0 Å². The third kappa shape index (κ3) is 5.33. The normalized spacial score (nSPS) is 37.8. The second-order valence-corrected chi connectivity index (χ2v) is 9.85. The molecule has 1 saturated carbocycles. The Hall–Kier alpha value is -2.85. The fraction of sp³-hybridized carbons (Fsp3) is 0.640. The SMILES string of the molecule is COC(=O)C1=CO[C@@H](O[C@@H]2O[C@H](CO)[C@@H](O)[C@H](O)[C@H]2O)[C@H]2[C@@H]1[C@H](Oc1cc(OC)c(O)c(OC)c1)C[C@]2(C)O.